The Bertz CT molecular complexity index is 611. The van der Waals surface area contributed by atoms with E-state index < -0.39 is 0 Å². The third-order valence-electron chi connectivity index (χ3n) is 3.61. The van der Waals surface area contributed by atoms with Crippen LogP contribution in [0, 0.1) is 13.8 Å². The molecule has 4 heteroatoms. The maximum absolute atomic E-state index is 11.0. The summed E-state index contributed by atoms with van der Waals surface area (Å²) in [4.78, 5) is 11.0. The SMILES string of the molecule is Cc1cccc(-n2nnc(C=O)c2C2CC2)c1C. The maximum atomic E-state index is 11.0. The molecular formula is C14H15N3O. The molecule has 2 aromatic rings. The molecule has 3 rings (SSSR count). The fourth-order valence-electron chi connectivity index (χ4n) is 2.27. The Morgan fingerprint density at radius 3 is 2.78 bits per heavy atom. The fraction of sp³-hybridized carbons (Fsp3) is 0.357. The Hall–Kier alpha value is -1.97. The molecule has 1 aromatic heterocycles. The second kappa shape index (κ2) is 4.05. The van der Waals surface area contributed by atoms with Crippen molar-refractivity contribution in [1.82, 2.24) is 15.0 Å². The number of carbonyl (C=O) groups excluding carboxylic acids is 1. The second-order valence-electron chi connectivity index (χ2n) is 4.88. The summed E-state index contributed by atoms with van der Waals surface area (Å²) in [6, 6.07) is 6.11. The molecule has 4 nitrogen and oxygen atoms in total. The van der Waals surface area contributed by atoms with Gasteiger partial charge in [-0.05, 0) is 43.9 Å². The quantitative estimate of drug-likeness (QED) is 0.776. The molecule has 1 fully saturated rings. The Morgan fingerprint density at radius 1 is 1.33 bits per heavy atom. The van der Waals surface area contributed by atoms with Gasteiger partial charge >= 0.3 is 0 Å². The van der Waals surface area contributed by atoms with E-state index in [9.17, 15) is 4.79 Å². The topological polar surface area (TPSA) is 47.8 Å². The lowest BCUT2D eigenvalue weighted by Crippen LogP contribution is -2.05. The number of hydrogen-bond acceptors (Lipinski definition) is 3. The van der Waals surface area contributed by atoms with E-state index in [1.165, 1.54) is 11.1 Å². The molecule has 0 saturated heterocycles. The molecule has 0 bridgehead atoms. The molecule has 0 unspecified atom stereocenters. The van der Waals surface area contributed by atoms with Crippen LogP contribution >= 0.6 is 0 Å². The number of aromatic nitrogens is 3. The van der Waals surface area contributed by atoms with E-state index in [1.807, 2.05) is 16.8 Å². The highest BCUT2D eigenvalue weighted by molar-refractivity contribution is 5.74. The van der Waals surface area contributed by atoms with E-state index in [4.69, 9.17) is 0 Å². The zero-order valence-corrected chi connectivity index (χ0v) is 10.6. The molecule has 18 heavy (non-hydrogen) atoms. The Morgan fingerprint density at radius 2 is 2.11 bits per heavy atom. The van der Waals surface area contributed by atoms with Gasteiger partial charge in [0.15, 0.2) is 6.29 Å². The van der Waals surface area contributed by atoms with Gasteiger partial charge < -0.3 is 0 Å². The van der Waals surface area contributed by atoms with Crippen LogP contribution in [0.5, 0.6) is 0 Å². The third kappa shape index (κ3) is 1.65. The van der Waals surface area contributed by atoms with Gasteiger partial charge in [-0.25, -0.2) is 4.68 Å². The van der Waals surface area contributed by atoms with Crippen molar-refractivity contribution >= 4 is 6.29 Å². The zero-order valence-electron chi connectivity index (χ0n) is 10.6. The van der Waals surface area contributed by atoms with Crippen LogP contribution in [0.4, 0.5) is 0 Å². The summed E-state index contributed by atoms with van der Waals surface area (Å²) in [5.41, 5.74) is 4.88. The monoisotopic (exact) mass is 241 g/mol. The average Bonchev–Trinajstić information content (AvgIpc) is 3.12. The maximum Gasteiger partial charge on any atom is 0.172 e. The van der Waals surface area contributed by atoms with Gasteiger partial charge in [0.25, 0.3) is 0 Å². The van der Waals surface area contributed by atoms with E-state index in [0.29, 0.717) is 11.6 Å². The average molecular weight is 241 g/mol. The van der Waals surface area contributed by atoms with Crippen molar-refractivity contribution in [3.8, 4) is 5.69 Å². The van der Waals surface area contributed by atoms with Crippen molar-refractivity contribution in [2.24, 2.45) is 0 Å². The molecule has 0 atom stereocenters. The van der Waals surface area contributed by atoms with E-state index in [1.54, 1.807) is 0 Å². The lowest BCUT2D eigenvalue weighted by atomic mass is 10.1. The van der Waals surface area contributed by atoms with Gasteiger partial charge in [-0.2, -0.15) is 0 Å². The third-order valence-corrected chi connectivity index (χ3v) is 3.61. The molecule has 0 amide bonds. The lowest BCUT2D eigenvalue weighted by molar-refractivity contribution is 0.111. The standard InChI is InChI=1S/C14H15N3O/c1-9-4-3-5-13(10(9)2)17-14(11-6-7-11)12(8-18)15-16-17/h3-5,8,11H,6-7H2,1-2H3. The normalized spacial score (nSPS) is 14.8. The Balaban J connectivity index is 2.19. The van der Waals surface area contributed by atoms with Gasteiger partial charge in [0.1, 0.15) is 5.69 Å². The Labute approximate surface area is 106 Å². The van der Waals surface area contributed by atoms with E-state index in [2.05, 4.69) is 30.2 Å². The minimum atomic E-state index is 0.445. The largest absolute Gasteiger partial charge is 0.296 e. The van der Waals surface area contributed by atoms with Gasteiger partial charge in [0, 0.05) is 5.92 Å². The first-order valence-corrected chi connectivity index (χ1v) is 6.19. The van der Waals surface area contributed by atoms with Crippen LogP contribution in [0.3, 0.4) is 0 Å². The molecule has 0 radical (unpaired) electrons. The first kappa shape index (κ1) is 11.1. The van der Waals surface area contributed by atoms with Gasteiger partial charge in [0.05, 0.1) is 11.4 Å². The number of hydrogen-bond donors (Lipinski definition) is 0. The molecular weight excluding hydrogens is 226 g/mol. The van der Waals surface area contributed by atoms with Crippen molar-refractivity contribution < 1.29 is 4.79 Å². The molecule has 1 saturated carbocycles. The predicted molar refractivity (Wildman–Crippen MR) is 68.2 cm³/mol. The zero-order chi connectivity index (χ0) is 12.7. The number of nitrogens with zero attached hydrogens (tertiary/aromatic N) is 3. The summed E-state index contributed by atoms with van der Waals surface area (Å²) < 4.78 is 1.84. The van der Waals surface area contributed by atoms with Gasteiger partial charge in [-0.3, -0.25) is 4.79 Å². The number of carbonyl (C=O) groups is 1. The van der Waals surface area contributed by atoms with Gasteiger partial charge in [-0.1, -0.05) is 17.3 Å². The van der Waals surface area contributed by atoms with Crippen molar-refractivity contribution in [2.75, 3.05) is 0 Å². The minimum absolute atomic E-state index is 0.445. The van der Waals surface area contributed by atoms with Gasteiger partial charge in [-0.15, -0.1) is 5.10 Å². The highest BCUT2D eigenvalue weighted by Crippen LogP contribution is 2.41. The lowest BCUT2D eigenvalue weighted by Gasteiger charge is -2.10. The highest BCUT2D eigenvalue weighted by Gasteiger charge is 2.32. The van der Waals surface area contributed by atoms with Crippen LogP contribution in [-0.4, -0.2) is 21.3 Å². The summed E-state index contributed by atoms with van der Waals surface area (Å²) in [5, 5.41) is 8.14. The van der Waals surface area contributed by atoms with Crippen molar-refractivity contribution in [3.05, 3.63) is 40.7 Å². The summed E-state index contributed by atoms with van der Waals surface area (Å²) >= 11 is 0. The van der Waals surface area contributed by atoms with Crippen LogP contribution in [-0.2, 0) is 0 Å². The molecule has 0 spiro atoms. The molecule has 0 N–H and O–H groups in total. The number of aldehydes is 1. The van der Waals surface area contributed by atoms with Gasteiger partial charge in [0.2, 0.25) is 0 Å². The van der Waals surface area contributed by atoms with Crippen LogP contribution in [0.25, 0.3) is 5.69 Å². The Kier molecular flexibility index (Phi) is 2.51. The number of aryl methyl sites for hydroxylation is 1. The molecule has 0 aliphatic heterocycles. The van der Waals surface area contributed by atoms with Crippen LogP contribution < -0.4 is 0 Å². The highest BCUT2D eigenvalue weighted by atomic mass is 16.1. The van der Waals surface area contributed by atoms with E-state index in [0.717, 1.165) is 30.5 Å². The molecule has 1 aromatic carbocycles. The smallest absolute Gasteiger partial charge is 0.172 e. The van der Waals surface area contributed by atoms with Crippen molar-refractivity contribution in [1.29, 1.82) is 0 Å². The first-order valence-electron chi connectivity index (χ1n) is 6.19. The number of rotatable bonds is 3. The molecule has 92 valence electrons. The second-order valence-corrected chi connectivity index (χ2v) is 4.88. The van der Waals surface area contributed by atoms with Crippen LogP contribution in [0.2, 0.25) is 0 Å². The van der Waals surface area contributed by atoms with Crippen LogP contribution in [0.15, 0.2) is 18.2 Å². The summed E-state index contributed by atoms with van der Waals surface area (Å²) in [7, 11) is 0. The van der Waals surface area contributed by atoms with Crippen molar-refractivity contribution in [2.45, 2.75) is 32.6 Å². The number of benzene rings is 1. The van der Waals surface area contributed by atoms with Crippen molar-refractivity contribution in [3.63, 3.8) is 0 Å². The summed E-state index contributed by atoms with van der Waals surface area (Å²) in [6.07, 6.45) is 3.06. The van der Waals surface area contributed by atoms with E-state index in [-0.39, 0.29) is 0 Å². The predicted octanol–water partition coefficient (Wildman–Crippen LogP) is 2.57. The molecule has 1 aliphatic carbocycles. The fourth-order valence-corrected chi connectivity index (χ4v) is 2.27. The van der Waals surface area contributed by atoms with E-state index >= 15 is 0 Å². The first-order chi connectivity index (χ1) is 8.72. The van der Waals surface area contributed by atoms with Crippen LogP contribution in [0.1, 0.15) is 46.1 Å². The summed E-state index contributed by atoms with van der Waals surface area (Å²) in [5.74, 6) is 0.445. The minimum Gasteiger partial charge on any atom is -0.296 e. The molecule has 1 aliphatic rings. The summed E-state index contributed by atoms with van der Waals surface area (Å²) in [6.45, 7) is 4.15. The molecule has 1 heterocycles.